The van der Waals surface area contributed by atoms with Crippen LogP contribution in [-0.4, -0.2) is 36.8 Å². The molecule has 3 rings (SSSR count). The maximum absolute atomic E-state index is 12.0. The molecule has 3 N–H and O–H groups in total. The predicted molar refractivity (Wildman–Crippen MR) is 86.1 cm³/mol. The van der Waals surface area contributed by atoms with Crippen LogP contribution in [0.25, 0.3) is 0 Å². The van der Waals surface area contributed by atoms with Crippen LogP contribution < -0.4 is 16.0 Å². The molecule has 122 valence electrons. The monoisotopic (exact) mass is 316 g/mol. The molecule has 1 saturated heterocycles. The van der Waals surface area contributed by atoms with E-state index in [1.54, 1.807) is 37.3 Å². The first kappa shape index (κ1) is 16.7. The zero-order chi connectivity index (χ0) is 16.9. The number of nitrogens with one attached hydrogen (secondary N) is 3. The number of aliphatic imine (C=N–C) groups is 1. The Morgan fingerprint density at radius 1 is 1.09 bits per heavy atom. The van der Waals surface area contributed by atoms with Gasteiger partial charge in [-0.15, -0.1) is 0 Å². The van der Waals surface area contributed by atoms with Crippen molar-refractivity contribution in [3.05, 3.63) is 35.9 Å². The molecule has 2 aliphatic heterocycles. The highest BCUT2D eigenvalue weighted by Gasteiger charge is 2.50. The smallest absolute Gasteiger partial charge is 0.328 e. The highest BCUT2D eigenvalue weighted by atomic mass is 16.2. The highest BCUT2D eigenvalue weighted by molar-refractivity contribution is 6.22. The minimum Gasteiger partial charge on any atom is -0.372 e. The van der Waals surface area contributed by atoms with Crippen molar-refractivity contribution >= 4 is 23.7 Å². The lowest BCUT2D eigenvalue weighted by Gasteiger charge is -2.33. The zero-order valence-electron chi connectivity index (χ0n) is 13.2. The number of benzene rings is 1. The number of carbonyl (C=O) groups excluding carboxylic acids is 3. The number of rotatable bonds is 2. The maximum Gasteiger partial charge on any atom is 0.328 e. The van der Waals surface area contributed by atoms with Crippen molar-refractivity contribution in [3.8, 4) is 0 Å². The summed E-state index contributed by atoms with van der Waals surface area (Å²) in [5.41, 5.74) is -0.722. The summed E-state index contributed by atoms with van der Waals surface area (Å²) in [6.45, 7) is 5.71. The van der Waals surface area contributed by atoms with Crippen molar-refractivity contribution in [2.45, 2.75) is 25.7 Å². The molecule has 0 radical (unpaired) electrons. The third kappa shape index (κ3) is 3.39. The molecular weight excluding hydrogens is 296 g/mol. The number of imide groups is 2. The lowest BCUT2D eigenvalue weighted by Crippen LogP contribution is -2.64. The maximum atomic E-state index is 12.0. The Morgan fingerprint density at radius 3 is 2.09 bits per heavy atom. The van der Waals surface area contributed by atoms with Gasteiger partial charge in [-0.05, 0) is 18.9 Å². The van der Waals surface area contributed by atoms with Crippen molar-refractivity contribution in [2.24, 2.45) is 4.99 Å². The average molecular weight is 316 g/mol. The molecule has 7 nitrogen and oxygen atoms in total. The summed E-state index contributed by atoms with van der Waals surface area (Å²) >= 11 is 0. The zero-order valence-corrected chi connectivity index (χ0v) is 13.2. The SMILES string of the molecule is CC1=NCCN1.CCC1(c2ccccc2)C(=O)NC(=O)NC1=O. The molecule has 2 heterocycles. The van der Waals surface area contributed by atoms with E-state index in [4.69, 9.17) is 0 Å². The Bertz CT molecular complexity index is 620. The summed E-state index contributed by atoms with van der Waals surface area (Å²) in [6.07, 6.45) is 0.294. The lowest BCUT2D eigenvalue weighted by molar-refractivity contribution is -0.138. The summed E-state index contributed by atoms with van der Waals surface area (Å²) in [5.74, 6) is -0.0603. The van der Waals surface area contributed by atoms with Gasteiger partial charge in [0.25, 0.3) is 0 Å². The minimum atomic E-state index is -1.31. The summed E-state index contributed by atoms with van der Waals surface area (Å²) in [7, 11) is 0. The van der Waals surface area contributed by atoms with E-state index in [1.165, 1.54) is 0 Å². The van der Waals surface area contributed by atoms with E-state index in [1.807, 2.05) is 6.92 Å². The fourth-order valence-corrected chi connectivity index (χ4v) is 2.58. The van der Waals surface area contributed by atoms with Gasteiger partial charge >= 0.3 is 6.03 Å². The van der Waals surface area contributed by atoms with Gasteiger partial charge in [-0.25, -0.2) is 4.79 Å². The van der Waals surface area contributed by atoms with Crippen molar-refractivity contribution < 1.29 is 14.4 Å². The van der Waals surface area contributed by atoms with E-state index >= 15 is 0 Å². The summed E-state index contributed by atoms with van der Waals surface area (Å²) < 4.78 is 0. The number of nitrogens with zero attached hydrogens (tertiary/aromatic N) is 1. The number of carbonyl (C=O) groups is 3. The Morgan fingerprint density at radius 2 is 1.70 bits per heavy atom. The molecule has 7 heteroatoms. The Hall–Kier alpha value is -2.70. The molecule has 1 aromatic carbocycles. The summed E-state index contributed by atoms with van der Waals surface area (Å²) in [5, 5.41) is 7.35. The molecule has 23 heavy (non-hydrogen) atoms. The molecular formula is C16H20N4O3. The van der Waals surface area contributed by atoms with Crippen LogP contribution >= 0.6 is 0 Å². The molecule has 0 aliphatic carbocycles. The second-order valence-electron chi connectivity index (χ2n) is 5.26. The quantitative estimate of drug-likeness (QED) is 0.700. The molecule has 1 aromatic rings. The third-order valence-corrected chi connectivity index (χ3v) is 3.87. The van der Waals surface area contributed by atoms with Crippen molar-refractivity contribution in [1.82, 2.24) is 16.0 Å². The van der Waals surface area contributed by atoms with E-state index in [0.29, 0.717) is 12.0 Å². The second-order valence-corrected chi connectivity index (χ2v) is 5.26. The van der Waals surface area contributed by atoms with Gasteiger partial charge in [-0.1, -0.05) is 37.3 Å². The molecule has 0 unspecified atom stereocenters. The molecule has 4 amide bonds. The molecule has 1 fully saturated rings. The van der Waals surface area contributed by atoms with Crippen LogP contribution in [-0.2, 0) is 15.0 Å². The van der Waals surface area contributed by atoms with Gasteiger partial charge in [0.15, 0.2) is 5.41 Å². The van der Waals surface area contributed by atoms with Crippen LogP contribution in [0, 0.1) is 0 Å². The highest BCUT2D eigenvalue weighted by Crippen LogP contribution is 2.30. The minimum absolute atomic E-state index is 0.294. The van der Waals surface area contributed by atoms with Gasteiger partial charge in [0.2, 0.25) is 11.8 Å². The second kappa shape index (κ2) is 7.04. The number of amides is 4. The van der Waals surface area contributed by atoms with E-state index in [2.05, 4.69) is 20.9 Å². The van der Waals surface area contributed by atoms with Gasteiger partial charge in [0, 0.05) is 6.54 Å². The van der Waals surface area contributed by atoms with Crippen molar-refractivity contribution in [1.29, 1.82) is 0 Å². The number of barbiturate groups is 1. The lowest BCUT2D eigenvalue weighted by atomic mass is 9.75. The standard InChI is InChI=1S/C12H12N2O3.C4H8N2/c1-2-12(8-6-4-3-5-7-8)9(15)13-11(17)14-10(12)16;1-4-5-2-3-6-4/h3-7H,2H2,1H3,(H2,13,14,15,16,17);2-3H2,1H3,(H,5,6). The van der Waals surface area contributed by atoms with Crippen LogP contribution in [0.3, 0.4) is 0 Å². The first-order valence-corrected chi connectivity index (χ1v) is 7.48. The molecule has 0 bridgehead atoms. The van der Waals surface area contributed by atoms with Gasteiger partial charge in [-0.3, -0.25) is 25.2 Å². The van der Waals surface area contributed by atoms with E-state index in [-0.39, 0.29) is 0 Å². The Labute approximate surface area is 134 Å². The molecule has 0 aromatic heterocycles. The van der Waals surface area contributed by atoms with Crippen molar-refractivity contribution in [3.63, 3.8) is 0 Å². The van der Waals surface area contributed by atoms with Crippen molar-refractivity contribution in [2.75, 3.05) is 13.1 Å². The molecule has 0 atom stereocenters. The normalized spacial score (nSPS) is 18.9. The average Bonchev–Trinajstić information content (AvgIpc) is 3.00. The van der Waals surface area contributed by atoms with E-state index in [0.717, 1.165) is 18.9 Å². The van der Waals surface area contributed by atoms with Crippen LogP contribution in [0.5, 0.6) is 0 Å². The summed E-state index contributed by atoms with van der Waals surface area (Å²) in [4.78, 5) is 39.0. The fraction of sp³-hybridized carbons (Fsp3) is 0.375. The first-order valence-electron chi connectivity index (χ1n) is 7.48. The van der Waals surface area contributed by atoms with Gasteiger partial charge in [0.1, 0.15) is 0 Å². The van der Waals surface area contributed by atoms with Gasteiger partial charge in [0.05, 0.1) is 12.4 Å². The molecule has 0 saturated carbocycles. The van der Waals surface area contributed by atoms with E-state index in [9.17, 15) is 14.4 Å². The first-order chi connectivity index (χ1) is 11.0. The number of urea groups is 1. The third-order valence-electron chi connectivity index (χ3n) is 3.87. The van der Waals surface area contributed by atoms with E-state index < -0.39 is 23.3 Å². The largest absolute Gasteiger partial charge is 0.372 e. The van der Waals surface area contributed by atoms with Gasteiger partial charge < -0.3 is 5.32 Å². The molecule has 0 spiro atoms. The van der Waals surface area contributed by atoms with Crippen LogP contribution in [0.1, 0.15) is 25.8 Å². The van der Waals surface area contributed by atoms with Crippen LogP contribution in [0.15, 0.2) is 35.3 Å². The number of hydrogen-bond donors (Lipinski definition) is 3. The molecule has 2 aliphatic rings. The fourth-order valence-electron chi connectivity index (χ4n) is 2.58. The number of hydrogen-bond acceptors (Lipinski definition) is 5. The summed E-state index contributed by atoms with van der Waals surface area (Å²) in [6, 6.07) is 7.96. The predicted octanol–water partition coefficient (Wildman–Crippen LogP) is 0.708. The van der Waals surface area contributed by atoms with Crippen LogP contribution in [0.2, 0.25) is 0 Å². The number of amidine groups is 1. The van der Waals surface area contributed by atoms with Gasteiger partial charge in [-0.2, -0.15) is 0 Å². The topological polar surface area (TPSA) is 99.7 Å². The Balaban J connectivity index is 0.000000268. The Kier molecular flexibility index (Phi) is 5.10. The van der Waals surface area contributed by atoms with Crippen LogP contribution in [0.4, 0.5) is 4.79 Å².